The molecule has 8 aliphatic rings. The number of aryl methyl sites for hydroxylation is 21. The molecule has 10 heterocycles. The predicted molar refractivity (Wildman–Crippen MR) is 551 cm³/mol. The van der Waals surface area contributed by atoms with Gasteiger partial charge in [-0.05, 0) is 298 Å². The molecule has 29 heteroatoms. The monoisotopic (exact) mass is 1850 g/mol. The summed E-state index contributed by atoms with van der Waals surface area (Å²) in [4.78, 5) is 157. The molecule has 0 saturated carbocycles. The molecule has 139 heavy (non-hydrogen) atoms. The second-order valence-electron chi connectivity index (χ2n) is 36.1. The third-order valence-electron chi connectivity index (χ3n) is 25.6. The number of hydrogen-bond acceptors (Lipinski definition) is 21. The van der Waals surface area contributed by atoms with E-state index in [0.717, 1.165) is 171 Å². The molecule has 704 valence electrons. The molecular formula is C110H111N21O8. The number of fused-ring (bicyclic) bond motifs is 10. The van der Waals surface area contributed by atoms with Gasteiger partial charge < -0.3 is 39.2 Å². The lowest BCUT2D eigenvalue weighted by molar-refractivity contribution is 0.648. The molecule has 0 bridgehead atoms. The summed E-state index contributed by atoms with van der Waals surface area (Å²) < 4.78 is 5.86. The van der Waals surface area contributed by atoms with Gasteiger partial charge in [-0.3, -0.25) is 38.9 Å². The molecule has 7 N–H and O–H groups in total. The molecule has 2 aromatic heterocycles. The van der Waals surface area contributed by atoms with Crippen molar-refractivity contribution in [3.63, 3.8) is 0 Å². The quantitative estimate of drug-likeness (QED) is 0.0305. The summed E-state index contributed by atoms with van der Waals surface area (Å²) in [6.07, 6.45) is 9.02. The Morgan fingerprint density at radius 2 is 0.647 bits per heavy atom. The molecule has 0 unspecified atom stereocenters. The van der Waals surface area contributed by atoms with E-state index < -0.39 is 33.7 Å². The summed E-state index contributed by atoms with van der Waals surface area (Å²) in [5.41, 5.74) is 33.9. The summed E-state index contributed by atoms with van der Waals surface area (Å²) in [7, 11) is 0. The van der Waals surface area contributed by atoms with Crippen molar-refractivity contribution >= 4 is 86.3 Å². The highest BCUT2D eigenvalue weighted by molar-refractivity contribution is 5.85. The Balaban J connectivity index is 0.000000125. The smallest absolute Gasteiger partial charge is 0.349 e. The van der Waals surface area contributed by atoms with Crippen molar-refractivity contribution in [2.75, 3.05) is 28.6 Å². The summed E-state index contributed by atoms with van der Waals surface area (Å²) in [5.74, 6) is 2.15. The fourth-order valence-corrected chi connectivity index (χ4v) is 17.6. The molecule has 0 atom stereocenters. The van der Waals surface area contributed by atoms with Gasteiger partial charge in [0.25, 0.3) is 27.8 Å². The van der Waals surface area contributed by atoms with Crippen LogP contribution in [0.4, 0.5) is 40.1 Å². The maximum atomic E-state index is 12.5. The summed E-state index contributed by atoms with van der Waals surface area (Å²) in [6.45, 7) is 37.6. The van der Waals surface area contributed by atoms with Gasteiger partial charge in [0.2, 0.25) is 0 Å². The van der Waals surface area contributed by atoms with Crippen LogP contribution >= 0.6 is 0 Å². The van der Waals surface area contributed by atoms with Crippen LogP contribution < -0.4 is 82.1 Å². The Morgan fingerprint density at radius 3 is 1.07 bits per heavy atom. The number of aromatic amines is 5. The number of nitrogens with zero attached hydrogens (tertiary/aromatic N) is 15. The molecule has 0 saturated heterocycles. The SMILES string of the molecule is C=c1nc2c(c(=O)[nH]1)=Nc1cc(C)c(C)cc1N2CCCc1ccccc1C.C=c1nc2c(c(=O)[nH]1)=Nc1cc(C)c(N)cc1N2CCCc1ccccc1.Cc1ccc(CCCn2c3nc(=O)[nH]c(=O)c-3nc3cc(C)c(C)cc32)cc1.Cc1cccc(CCCn2c3nc(=O)[nH]c(=O)c-3nc3cc(C)c(C)cc32)c1.Cc1cccc(CCCn2c3nc(=O)[nH]c(=O)c-3nc3cc(C)c(C)cc32)c1. The molecule has 0 radical (unpaired) electrons. The van der Waals surface area contributed by atoms with Crippen LogP contribution in [-0.2, 0) is 51.7 Å². The lowest BCUT2D eigenvalue weighted by Gasteiger charge is -2.28. The Morgan fingerprint density at radius 1 is 0.295 bits per heavy atom. The van der Waals surface area contributed by atoms with E-state index in [2.05, 4.69) is 268 Å². The summed E-state index contributed by atoms with van der Waals surface area (Å²) in [5, 5.41) is 0.679. The van der Waals surface area contributed by atoms with Crippen LogP contribution in [0.2, 0.25) is 0 Å². The van der Waals surface area contributed by atoms with Crippen LogP contribution in [0.1, 0.15) is 132 Å². The number of hydrogen-bond donors (Lipinski definition) is 6. The van der Waals surface area contributed by atoms with E-state index >= 15 is 0 Å². The highest BCUT2D eigenvalue weighted by atomic mass is 16.2. The van der Waals surface area contributed by atoms with Crippen molar-refractivity contribution in [2.24, 2.45) is 9.98 Å². The topological polar surface area (TPSA) is 391 Å². The summed E-state index contributed by atoms with van der Waals surface area (Å²) >= 11 is 0. The first-order valence-corrected chi connectivity index (χ1v) is 46.7. The van der Waals surface area contributed by atoms with Gasteiger partial charge in [0.15, 0.2) is 56.9 Å². The number of nitrogen functional groups attached to an aromatic ring is 1. The molecule has 8 aliphatic heterocycles. The van der Waals surface area contributed by atoms with Crippen LogP contribution in [0.15, 0.2) is 236 Å². The average Bonchev–Trinajstić information content (AvgIpc) is 0.773. The lowest BCUT2D eigenvalue weighted by Crippen LogP contribution is -2.42. The molecule has 12 aromatic rings. The Hall–Kier alpha value is -16.5. The first-order chi connectivity index (χ1) is 66.7. The molecule has 0 aliphatic carbocycles. The second kappa shape index (κ2) is 41.4. The first kappa shape index (κ1) is 95.7. The minimum atomic E-state index is -0.644. The van der Waals surface area contributed by atoms with E-state index in [1.165, 1.54) is 55.6 Å². The largest absolute Gasteiger partial charge is 0.398 e. The van der Waals surface area contributed by atoms with Crippen molar-refractivity contribution in [3.05, 3.63) is 393 Å². The third kappa shape index (κ3) is 21.8. The van der Waals surface area contributed by atoms with Crippen LogP contribution in [0.5, 0.6) is 0 Å². The van der Waals surface area contributed by atoms with Crippen molar-refractivity contribution in [3.8, 4) is 34.6 Å². The van der Waals surface area contributed by atoms with Crippen molar-refractivity contribution in [1.82, 2.24) is 78.5 Å². The Kier molecular flexibility index (Phi) is 28.5. The minimum Gasteiger partial charge on any atom is -0.398 e. The van der Waals surface area contributed by atoms with Gasteiger partial charge in [0, 0.05) is 38.4 Å². The van der Waals surface area contributed by atoms with Gasteiger partial charge in [0.1, 0.15) is 11.0 Å². The highest BCUT2D eigenvalue weighted by Gasteiger charge is 2.28. The number of anilines is 5. The zero-order valence-electron chi connectivity index (χ0n) is 80.5. The molecule has 0 amide bonds. The molecule has 0 fully saturated rings. The van der Waals surface area contributed by atoms with Gasteiger partial charge in [-0.1, -0.05) is 157 Å². The van der Waals surface area contributed by atoms with Gasteiger partial charge in [0.05, 0.1) is 55.8 Å². The van der Waals surface area contributed by atoms with E-state index in [1.54, 1.807) is 0 Å². The number of nitrogens with two attached hydrogens (primary N) is 1. The minimum absolute atomic E-state index is 0.200. The molecule has 10 aromatic carbocycles. The zero-order valence-corrected chi connectivity index (χ0v) is 80.5. The lowest BCUT2D eigenvalue weighted by atomic mass is 10.0. The van der Waals surface area contributed by atoms with Crippen LogP contribution in [0.25, 0.3) is 80.8 Å². The maximum absolute atomic E-state index is 12.5. The van der Waals surface area contributed by atoms with E-state index in [1.807, 2.05) is 122 Å². The van der Waals surface area contributed by atoms with Crippen molar-refractivity contribution in [2.45, 2.75) is 174 Å². The number of aromatic nitrogens is 16. The number of rotatable bonds is 20. The maximum Gasteiger partial charge on any atom is 0.349 e. The van der Waals surface area contributed by atoms with Crippen molar-refractivity contribution < 1.29 is 0 Å². The summed E-state index contributed by atoms with van der Waals surface area (Å²) in [6, 6.07) is 64.2. The van der Waals surface area contributed by atoms with Crippen molar-refractivity contribution in [1.29, 1.82) is 0 Å². The van der Waals surface area contributed by atoms with Crippen LogP contribution in [-0.4, -0.2) is 91.6 Å². The van der Waals surface area contributed by atoms with E-state index in [0.29, 0.717) is 82.6 Å². The normalized spacial score (nSPS) is 11.7. The molecule has 0 spiro atoms. The van der Waals surface area contributed by atoms with E-state index in [-0.39, 0.29) is 28.2 Å². The Labute approximate surface area is 800 Å². The molecule has 20 rings (SSSR count). The zero-order chi connectivity index (χ0) is 98.3. The number of benzene rings is 10. The van der Waals surface area contributed by atoms with Gasteiger partial charge in [-0.2, -0.15) is 15.0 Å². The standard InChI is InChI=1S/C23H24N4O.3C22H22N4O2.C21H21N5O/c1-14-8-5-6-9-18(14)10-7-11-27-20-13-16(3)15(2)12-19(20)26-21-22(27)24-17(4)25-23(21)28;2*1-13-6-4-7-16(10-13)8-5-9-26-18-12-15(3)14(2)11-17(18)23-19-20(26)24-22(28)25-21(19)27;1-13-6-8-16(9-7-13)5-4-10-26-18-12-15(3)14(2)11-17(18)23-19-20(26)24-22(28)25-21(19)27;1-13-11-17-18(12-16(13)22)26(10-6-9-15-7-4-3-5-8-15)20-19(25-17)21(27)24-14(2)23-20/h5-6,8-9,12-13H,4,7,10-11H2,1-3H3,(H,25,28);2*4,6-7,10-12H,5,8-9H2,1-3H3,(H,25,27,28);6-9,11-12H,4-5,10H2,1-3H3,(H,25,27,28);3-5,7-8,11-12H,2,6,9-10,22H2,1H3,(H,24,27). The van der Waals surface area contributed by atoms with Gasteiger partial charge >= 0.3 is 17.1 Å². The first-order valence-electron chi connectivity index (χ1n) is 46.7. The Bertz CT molecular complexity index is 8270. The fraction of sp³-hybridized carbons (Fsp3) is 0.255. The van der Waals surface area contributed by atoms with Crippen LogP contribution in [0.3, 0.4) is 0 Å². The van der Waals surface area contributed by atoms with Gasteiger partial charge in [-0.15, -0.1) is 0 Å². The number of nitrogens with one attached hydrogen (secondary N) is 5. The van der Waals surface area contributed by atoms with Crippen LogP contribution in [0, 0.1) is 90.0 Å². The number of H-pyrrole nitrogens is 5. The molecule has 29 nitrogen and oxygen atoms in total. The molecular weight excluding hydrogens is 1740 g/mol. The van der Waals surface area contributed by atoms with E-state index in [9.17, 15) is 38.4 Å². The highest BCUT2D eigenvalue weighted by Crippen LogP contribution is 2.40. The fourth-order valence-electron chi connectivity index (χ4n) is 17.6. The second-order valence-corrected chi connectivity index (χ2v) is 36.1. The van der Waals surface area contributed by atoms with Gasteiger partial charge in [-0.25, -0.2) is 49.3 Å². The predicted octanol–water partition coefficient (Wildman–Crippen LogP) is 14.7. The average molecular weight is 1860 g/mol. The van der Waals surface area contributed by atoms with E-state index in [4.69, 9.17) is 5.73 Å². The third-order valence-corrected chi connectivity index (χ3v) is 25.6.